The first kappa shape index (κ1) is 8.16. The summed E-state index contributed by atoms with van der Waals surface area (Å²) in [6.45, 7) is 1.69. The molecule has 1 aromatic rings. The van der Waals surface area contributed by atoms with Crippen LogP contribution in [0.3, 0.4) is 0 Å². The molecule has 0 aliphatic carbocycles. The molecule has 0 aromatic carbocycles. The average Bonchev–Trinajstić information content (AvgIpc) is 2.50. The predicted molar refractivity (Wildman–Crippen MR) is 37.9 cm³/mol. The number of rotatable bonds is 5. The molecule has 0 aliphatic rings. The minimum absolute atomic E-state index is 0.0668. The van der Waals surface area contributed by atoms with Crippen LogP contribution in [0.15, 0.2) is 12.7 Å². The van der Waals surface area contributed by atoms with Crippen molar-refractivity contribution in [2.24, 2.45) is 0 Å². The van der Waals surface area contributed by atoms with Gasteiger partial charge in [-0.25, -0.2) is 4.98 Å². The Balaban J connectivity index is 2.04. The van der Waals surface area contributed by atoms with Crippen molar-refractivity contribution in [1.29, 1.82) is 0 Å². The van der Waals surface area contributed by atoms with Crippen LogP contribution in [0.4, 0.5) is 0 Å². The lowest BCUT2D eigenvalue weighted by atomic mass is 10.7. The second-order valence-corrected chi connectivity index (χ2v) is 1.99. The molecule has 0 saturated carbocycles. The van der Waals surface area contributed by atoms with E-state index in [-0.39, 0.29) is 6.61 Å². The third-order valence-electron chi connectivity index (χ3n) is 1.17. The second-order valence-electron chi connectivity index (χ2n) is 1.99. The molecule has 62 valence electrons. The lowest BCUT2D eigenvalue weighted by Crippen LogP contribution is -2.08. The number of hydrogen-bond acceptors (Lipinski definition) is 4. The first-order valence-corrected chi connectivity index (χ1v) is 3.44. The molecule has 0 radical (unpaired) electrons. The fourth-order valence-corrected chi connectivity index (χ4v) is 0.673. The number of aliphatic hydroxyl groups is 1. The van der Waals surface area contributed by atoms with Gasteiger partial charge in [0.05, 0.1) is 26.4 Å². The van der Waals surface area contributed by atoms with E-state index in [0.29, 0.717) is 19.8 Å². The second kappa shape index (κ2) is 4.81. The molecule has 1 heterocycles. The van der Waals surface area contributed by atoms with Crippen LogP contribution in [-0.2, 0) is 11.3 Å². The molecule has 5 nitrogen and oxygen atoms in total. The maximum absolute atomic E-state index is 8.36. The summed E-state index contributed by atoms with van der Waals surface area (Å²) in [4.78, 5) is 3.77. The molecule has 0 amide bonds. The van der Waals surface area contributed by atoms with Crippen LogP contribution >= 0.6 is 0 Å². The van der Waals surface area contributed by atoms with Gasteiger partial charge in [0.1, 0.15) is 12.7 Å². The van der Waals surface area contributed by atoms with Gasteiger partial charge in [-0.15, -0.1) is 0 Å². The van der Waals surface area contributed by atoms with Gasteiger partial charge in [0.2, 0.25) is 0 Å². The molecule has 1 rings (SSSR count). The number of ether oxygens (including phenoxy) is 1. The normalized spacial score (nSPS) is 10.3. The van der Waals surface area contributed by atoms with E-state index in [1.165, 1.54) is 6.33 Å². The minimum Gasteiger partial charge on any atom is -0.394 e. The van der Waals surface area contributed by atoms with Gasteiger partial charge in [0.15, 0.2) is 0 Å². The minimum atomic E-state index is 0.0668. The standard InChI is InChI=1S/C6H11N3O2/c10-2-4-11-3-1-9-6-7-5-8-9/h5-6,10H,1-4H2. The largest absolute Gasteiger partial charge is 0.394 e. The summed E-state index contributed by atoms with van der Waals surface area (Å²) in [7, 11) is 0. The van der Waals surface area contributed by atoms with Crippen LogP contribution in [0.25, 0.3) is 0 Å². The van der Waals surface area contributed by atoms with Crippen molar-refractivity contribution >= 4 is 0 Å². The lowest BCUT2D eigenvalue weighted by molar-refractivity contribution is 0.0853. The third kappa shape index (κ3) is 3.10. The smallest absolute Gasteiger partial charge is 0.137 e. The Morgan fingerprint density at radius 1 is 1.45 bits per heavy atom. The summed E-state index contributed by atoms with van der Waals surface area (Å²) >= 11 is 0. The number of nitrogens with zero attached hydrogens (tertiary/aromatic N) is 3. The maximum atomic E-state index is 8.36. The van der Waals surface area contributed by atoms with Gasteiger partial charge in [-0.3, -0.25) is 4.68 Å². The Morgan fingerprint density at radius 2 is 2.36 bits per heavy atom. The van der Waals surface area contributed by atoms with Gasteiger partial charge in [-0.2, -0.15) is 5.10 Å². The number of aromatic nitrogens is 3. The van der Waals surface area contributed by atoms with Crippen molar-refractivity contribution in [2.75, 3.05) is 19.8 Å². The molecular weight excluding hydrogens is 146 g/mol. The highest BCUT2D eigenvalue weighted by Crippen LogP contribution is 1.81. The predicted octanol–water partition coefficient (Wildman–Crippen LogP) is -0.713. The van der Waals surface area contributed by atoms with Crippen molar-refractivity contribution in [3.8, 4) is 0 Å². The fourth-order valence-electron chi connectivity index (χ4n) is 0.673. The Bertz CT molecular complexity index is 176. The highest BCUT2D eigenvalue weighted by Gasteiger charge is 1.89. The van der Waals surface area contributed by atoms with E-state index >= 15 is 0 Å². The van der Waals surface area contributed by atoms with E-state index in [9.17, 15) is 0 Å². The first-order chi connectivity index (χ1) is 5.43. The zero-order chi connectivity index (χ0) is 7.94. The highest BCUT2D eigenvalue weighted by atomic mass is 16.5. The zero-order valence-corrected chi connectivity index (χ0v) is 6.18. The van der Waals surface area contributed by atoms with E-state index in [4.69, 9.17) is 9.84 Å². The molecule has 0 aliphatic heterocycles. The fraction of sp³-hybridized carbons (Fsp3) is 0.667. The Morgan fingerprint density at radius 3 is 3.00 bits per heavy atom. The van der Waals surface area contributed by atoms with E-state index < -0.39 is 0 Å². The number of aliphatic hydroxyl groups excluding tert-OH is 1. The molecule has 11 heavy (non-hydrogen) atoms. The monoisotopic (exact) mass is 157 g/mol. The van der Waals surface area contributed by atoms with Crippen LogP contribution in [-0.4, -0.2) is 39.7 Å². The molecule has 1 aromatic heterocycles. The highest BCUT2D eigenvalue weighted by molar-refractivity contribution is 4.54. The molecule has 5 heteroatoms. The summed E-state index contributed by atoms with van der Waals surface area (Å²) in [5.41, 5.74) is 0. The first-order valence-electron chi connectivity index (χ1n) is 3.44. The Labute approximate surface area is 64.6 Å². The van der Waals surface area contributed by atoms with E-state index in [1.54, 1.807) is 11.0 Å². The van der Waals surface area contributed by atoms with Crippen LogP contribution in [0.1, 0.15) is 0 Å². The number of hydrogen-bond donors (Lipinski definition) is 1. The van der Waals surface area contributed by atoms with Crippen molar-refractivity contribution in [3.63, 3.8) is 0 Å². The molecule has 0 spiro atoms. The van der Waals surface area contributed by atoms with Gasteiger partial charge in [0, 0.05) is 0 Å². The van der Waals surface area contributed by atoms with Crippen molar-refractivity contribution in [2.45, 2.75) is 6.54 Å². The third-order valence-corrected chi connectivity index (χ3v) is 1.17. The quantitative estimate of drug-likeness (QED) is 0.573. The summed E-state index contributed by atoms with van der Waals surface area (Å²) in [5, 5.41) is 12.2. The van der Waals surface area contributed by atoms with Crippen LogP contribution in [0.5, 0.6) is 0 Å². The van der Waals surface area contributed by atoms with Crippen molar-refractivity contribution < 1.29 is 9.84 Å². The Hall–Kier alpha value is -0.940. The van der Waals surface area contributed by atoms with Crippen molar-refractivity contribution in [1.82, 2.24) is 14.8 Å². The summed E-state index contributed by atoms with van der Waals surface area (Å²) in [6.07, 6.45) is 3.11. The van der Waals surface area contributed by atoms with E-state index in [2.05, 4.69) is 10.1 Å². The van der Waals surface area contributed by atoms with Crippen LogP contribution < -0.4 is 0 Å². The maximum Gasteiger partial charge on any atom is 0.137 e. The topological polar surface area (TPSA) is 60.2 Å². The molecule has 0 unspecified atom stereocenters. The molecule has 1 N–H and O–H groups in total. The average molecular weight is 157 g/mol. The van der Waals surface area contributed by atoms with Gasteiger partial charge in [0.25, 0.3) is 0 Å². The van der Waals surface area contributed by atoms with Gasteiger partial charge in [-0.05, 0) is 0 Å². The van der Waals surface area contributed by atoms with Crippen LogP contribution in [0.2, 0.25) is 0 Å². The molecule has 0 bridgehead atoms. The molecule has 0 fully saturated rings. The lowest BCUT2D eigenvalue weighted by Gasteiger charge is -2.00. The Kier molecular flexibility index (Phi) is 3.57. The van der Waals surface area contributed by atoms with E-state index in [0.717, 1.165) is 0 Å². The van der Waals surface area contributed by atoms with Crippen molar-refractivity contribution in [3.05, 3.63) is 12.7 Å². The molecular formula is C6H11N3O2. The van der Waals surface area contributed by atoms with Gasteiger partial charge < -0.3 is 9.84 Å². The van der Waals surface area contributed by atoms with Gasteiger partial charge >= 0.3 is 0 Å². The summed E-state index contributed by atoms with van der Waals surface area (Å²) in [5.74, 6) is 0. The van der Waals surface area contributed by atoms with E-state index in [1.807, 2.05) is 0 Å². The van der Waals surface area contributed by atoms with Crippen LogP contribution in [0, 0.1) is 0 Å². The zero-order valence-electron chi connectivity index (χ0n) is 6.18. The summed E-state index contributed by atoms with van der Waals surface area (Å²) in [6, 6.07) is 0. The molecule has 0 atom stereocenters. The van der Waals surface area contributed by atoms with Gasteiger partial charge in [-0.1, -0.05) is 0 Å². The molecule has 0 saturated heterocycles. The summed E-state index contributed by atoms with van der Waals surface area (Å²) < 4.78 is 6.70. The SMILES string of the molecule is OCCOCCn1cncn1.